The van der Waals surface area contributed by atoms with Crippen LogP contribution in [0.5, 0.6) is 0 Å². The summed E-state index contributed by atoms with van der Waals surface area (Å²) in [6.07, 6.45) is 1.74. The number of hydrogen-bond acceptors (Lipinski definition) is 3. The molecule has 0 radical (unpaired) electrons. The molecule has 0 amide bonds. The second kappa shape index (κ2) is 4.98. The Bertz CT molecular complexity index is 773. The zero-order valence-electron chi connectivity index (χ0n) is 10.6. The van der Waals surface area contributed by atoms with Gasteiger partial charge in [0.25, 0.3) is 0 Å². The van der Waals surface area contributed by atoms with Gasteiger partial charge in [-0.3, -0.25) is 0 Å². The van der Waals surface area contributed by atoms with Crippen LogP contribution in [-0.2, 0) is 14.3 Å². The minimum Gasteiger partial charge on any atom is -0.379 e. The number of hydrogen-bond donors (Lipinski definition) is 0. The van der Waals surface area contributed by atoms with Crippen LogP contribution in [0.1, 0.15) is 11.1 Å². The maximum atomic E-state index is 11.9. The molecule has 1 heterocycles. The third-order valence-electron chi connectivity index (χ3n) is 2.93. The highest BCUT2D eigenvalue weighted by Gasteiger charge is 2.20. The fourth-order valence-electron chi connectivity index (χ4n) is 2.02. The zero-order chi connectivity index (χ0) is 14.0. The van der Waals surface area contributed by atoms with Crippen molar-refractivity contribution in [3.05, 3.63) is 83.3 Å². The van der Waals surface area contributed by atoms with Crippen molar-refractivity contribution in [3.8, 4) is 0 Å². The Morgan fingerprint density at radius 3 is 1.90 bits per heavy atom. The summed E-state index contributed by atoms with van der Waals surface area (Å²) in [6.45, 7) is 0. The first-order chi connectivity index (χ1) is 9.64. The van der Waals surface area contributed by atoms with Gasteiger partial charge in [-0.05, 0) is 11.6 Å². The van der Waals surface area contributed by atoms with Gasteiger partial charge in [0.2, 0.25) is 0 Å². The molecule has 0 saturated heterocycles. The highest BCUT2D eigenvalue weighted by atomic mass is 32.2. The molecular formula is C16H12O3S. The maximum Gasteiger partial charge on any atom is 0.332 e. The van der Waals surface area contributed by atoms with Gasteiger partial charge in [-0.1, -0.05) is 60.7 Å². The SMILES string of the molecule is O=S1(=O)C=C(c2ccccc2)C=C(c2ccccc2)O1. The van der Waals surface area contributed by atoms with Gasteiger partial charge in [0.15, 0.2) is 5.76 Å². The highest BCUT2D eigenvalue weighted by Crippen LogP contribution is 2.30. The molecule has 0 aliphatic carbocycles. The molecule has 3 nitrogen and oxygen atoms in total. The molecule has 0 atom stereocenters. The van der Waals surface area contributed by atoms with Crippen LogP contribution >= 0.6 is 0 Å². The first kappa shape index (κ1) is 12.7. The molecule has 0 saturated carbocycles. The fraction of sp³-hybridized carbons (Fsp3) is 0. The topological polar surface area (TPSA) is 43.4 Å². The van der Waals surface area contributed by atoms with Crippen molar-refractivity contribution in [2.75, 3.05) is 0 Å². The minimum atomic E-state index is -3.71. The monoisotopic (exact) mass is 284 g/mol. The number of allylic oxidation sites excluding steroid dienone is 2. The lowest BCUT2D eigenvalue weighted by Crippen LogP contribution is -2.07. The summed E-state index contributed by atoms with van der Waals surface area (Å²) in [7, 11) is -3.71. The second-order valence-corrected chi connectivity index (χ2v) is 5.78. The van der Waals surface area contributed by atoms with E-state index >= 15 is 0 Å². The highest BCUT2D eigenvalue weighted by molar-refractivity contribution is 7.90. The van der Waals surface area contributed by atoms with Gasteiger partial charge in [-0.15, -0.1) is 0 Å². The number of rotatable bonds is 2. The molecule has 0 aromatic heterocycles. The Balaban J connectivity index is 2.10. The van der Waals surface area contributed by atoms with E-state index in [1.165, 1.54) is 0 Å². The summed E-state index contributed by atoms with van der Waals surface area (Å²) in [4.78, 5) is 0. The lowest BCUT2D eigenvalue weighted by Gasteiger charge is -2.15. The van der Waals surface area contributed by atoms with E-state index in [1.54, 1.807) is 6.08 Å². The maximum absolute atomic E-state index is 11.9. The zero-order valence-corrected chi connectivity index (χ0v) is 11.4. The summed E-state index contributed by atoms with van der Waals surface area (Å²) in [5, 5.41) is 1.15. The van der Waals surface area contributed by atoms with Gasteiger partial charge in [-0.2, -0.15) is 8.42 Å². The Kier molecular flexibility index (Phi) is 3.16. The lowest BCUT2D eigenvalue weighted by molar-refractivity contribution is 0.472. The van der Waals surface area contributed by atoms with Gasteiger partial charge in [0.05, 0.1) is 5.41 Å². The molecule has 2 aromatic carbocycles. The van der Waals surface area contributed by atoms with Gasteiger partial charge < -0.3 is 4.18 Å². The van der Waals surface area contributed by atoms with Crippen LogP contribution in [0.4, 0.5) is 0 Å². The molecule has 2 aromatic rings. The van der Waals surface area contributed by atoms with Crippen molar-refractivity contribution in [2.45, 2.75) is 0 Å². The molecule has 1 aliphatic heterocycles. The van der Waals surface area contributed by atoms with Crippen LogP contribution in [0.25, 0.3) is 11.3 Å². The van der Waals surface area contributed by atoms with Crippen molar-refractivity contribution >= 4 is 21.5 Å². The molecule has 20 heavy (non-hydrogen) atoms. The van der Waals surface area contributed by atoms with E-state index in [0.29, 0.717) is 11.3 Å². The minimum absolute atomic E-state index is 0.340. The largest absolute Gasteiger partial charge is 0.379 e. The predicted molar refractivity (Wildman–Crippen MR) is 78.8 cm³/mol. The van der Waals surface area contributed by atoms with Crippen LogP contribution in [0.3, 0.4) is 0 Å². The van der Waals surface area contributed by atoms with Crippen molar-refractivity contribution in [3.63, 3.8) is 0 Å². The van der Waals surface area contributed by atoms with Gasteiger partial charge in [0.1, 0.15) is 0 Å². The standard InChI is InChI=1S/C16H12O3S/c17-20(18)12-15(13-7-3-1-4-8-13)11-16(19-20)14-9-5-2-6-10-14/h1-12H. The summed E-state index contributed by atoms with van der Waals surface area (Å²) >= 11 is 0. The third-order valence-corrected chi connectivity index (χ3v) is 3.88. The molecule has 0 spiro atoms. The molecular weight excluding hydrogens is 272 g/mol. The van der Waals surface area contributed by atoms with Crippen molar-refractivity contribution in [1.29, 1.82) is 0 Å². The van der Waals surface area contributed by atoms with Gasteiger partial charge in [-0.25, -0.2) is 0 Å². The van der Waals surface area contributed by atoms with E-state index < -0.39 is 10.1 Å². The van der Waals surface area contributed by atoms with Crippen LogP contribution in [-0.4, -0.2) is 8.42 Å². The van der Waals surface area contributed by atoms with Crippen molar-refractivity contribution in [1.82, 2.24) is 0 Å². The smallest absolute Gasteiger partial charge is 0.332 e. The van der Waals surface area contributed by atoms with E-state index in [2.05, 4.69) is 0 Å². The summed E-state index contributed by atoms with van der Waals surface area (Å²) in [6, 6.07) is 18.5. The van der Waals surface area contributed by atoms with Crippen LogP contribution in [0.15, 0.2) is 72.1 Å². The molecule has 0 fully saturated rings. The normalized spacial score (nSPS) is 16.8. The van der Waals surface area contributed by atoms with E-state index in [4.69, 9.17) is 4.18 Å². The Morgan fingerprint density at radius 1 is 0.750 bits per heavy atom. The Hall–Kier alpha value is -2.33. The van der Waals surface area contributed by atoms with Gasteiger partial charge in [0, 0.05) is 11.1 Å². The summed E-state index contributed by atoms with van der Waals surface area (Å²) < 4.78 is 28.8. The van der Waals surface area contributed by atoms with Crippen molar-refractivity contribution in [2.24, 2.45) is 0 Å². The third kappa shape index (κ3) is 2.65. The average Bonchev–Trinajstić information content (AvgIpc) is 2.47. The molecule has 100 valence electrons. The quantitative estimate of drug-likeness (QED) is 0.794. The van der Waals surface area contributed by atoms with E-state index in [9.17, 15) is 8.42 Å². The second-order valence-electron chi connectivity index (χ2n) is 4.39. The van der Waals surface area contributed by atoms with Crippen LogP contribution in [0, 0.1) is 0 Å². The molecule has 0 bridgehead atoms. The van der Waals surface area contributed by atoms with E-state index in [0.717, 1.165) is 16.5 Å². The molecule has 1 aliphatic rings. The first-order valence-corrected chi connectivity index (χ1v) is 7.60. The molecule has 3 rings (SSSR count). The van der Waals surface area contributed by atoms with Crippen LogP contribution < -0.4 is 0 Å². The fourth-order valence-corrected chi connectivity index (χ4v) is 2.98. The Labute approximate surface area is 118 Å². The molecule has 0 unspecified atom stereocenters. The lowest BCUT2D eigenvalue weighted by atomic mass is 10.0. The first-order valence-electron chi connectivity index (χ1n) is 6.13. The van der Waals surface area contributed by atoms with E-state index in [-0.39, 0.29) is 0 Å². The summed E-state index contributed by atoms with van der Waals surface area (Å²) in [5.74, 6) is 0.340. The predicted octanol–water partition coefficient (Wildman–Crippen LogP) is 3.43. The van der Waals surface area contributed by atoms with Crippen LogP contribution in [0.2, 0.25) is 0 Å². The van der Waals surface area contributed by atoms with E-state index in [1.807, 2.05) is 60.7 Å². The summed E-state index contributed by atoms with van der Waals surface area (Å²) in [5.41, 5.74) is 2.20. The van der Waals surface area contributed by atoms with Crippen molar-refractivity contribution < 1.29 is 12.6 Å². The number of benzene rings is 2. The molecule has 4 heteroatoms. The molecule has 0 N–H and O–H groups in total. The average molecular weight is 284 g/mol. The van der Waals surface area contributed by atoms with Gasteiger partial charge >= 0.3 is 10.1 Å². The Morgan fingerprint density at radius 2 is 1.30 bits per heavy atom.